The largest absolute Gasteiger partial charge is 0.384 e. The van der Waals surface area contributed by atoms with Gasteiger partial charge in [0, 0.05) is 18.2 Å². The van der Waals surface area contributed by atoms with Gasteiger partial charge in [-0.15, -0.1) is 0 Å². The van der Waals surface area contributed by atoms with E-state index in [4.69, 9.17) is 11.0 Å². The van der Waals surface area contributed by atoms with Crippen molar-refractivity contribution >= 4 is 17.3 Å². The van der Waals surface area contributed by atoms with Gasteiger partial charge in [-0.3, -0.25) is 0 Å². The van der Waals surface area contributed by atoms with Crippen LogP contribution < -0.4 is 11.1 Å². The van der Waals surface area contributed by atoms with Gasteiger partial charge in [0.25, 0.3) is 0 Å². The highest BCUT2D eigenvalue weighted by Gasteiger charge is 2.02. The Kier molecular flexibility index (Phi) is 3.39. The smallest absolute Gasteiger partial charge is 0.136 e. The standard InChI is InChI=1S/C13H13N5/c1-2-12-17-11(15)7-13(18-12)16-10-5-3-4-9(6-10)8-14/h3-7H,2H2,1H3,(H3,15,16,17,18). The van der Waals surface area contributed by atoms with Crippen LogP contribution in [0.25, 0.3) is 0 Å². The molecule has 1 aromatic heterocycles. The van der Waals surface area contributed by atoms with Crippen LogP contribution in [-0.2, 0) is 6.42 Å². The van der Waals surface area contributed by atoms with E-state index in [1.54, 1.807) is 18.2 Å². The SMILES string of the molecule is CCc1nc(N)cc(Nc2cccc(C#N)c2)n1. The van der Waals surface area contributed by atoms with Crippen molar-refractivity contribution < 1.29 is 0 Å². The minimum atomic E-state index is 0.431. The number of aromatic nitrogens is 2. The van der Waals surface area contributed by atoms with Crippen molar-refractivity contribution in [2.45, 2.75) is 13.3 Å². The number of nitrogens with one attached hydrogen (secondary N) is 1. The van der Waals surface area contributed by atoms with Crippen LogP contribution in [0.15, 0.2) is 30.3 Å². The van der Waals surface area contributed by atoms with Crippen LogP contribution in [0.2, 0.25) is 0 Å². The zero-order valence-electron chi connectivity index (χ0n) is 10.0. The van der Waals surface area contributed by atoms with E-state index in [0.717, 1.165) is 12.1 Å². The summed E-state index contributed by atoms with van der Waals surface area (Å²) in [7, 11) is 0. The molecule has 0 spiro atoms. The van der Waals surface area contributed by atoms with E-state index >= 15 is 0 Å². The third-order valence-corrected chi connectivity index (χ3v) is 2.37. The number of nitrogens with two attached hydrogens (primary N) is 1. The van der Waals surface area contributed by atoms with Gasteiger partial charge in [-0.05, 0) is 18.2 Å². The molecule has 0 fully saturated rings. The molecule has 0 aliphatic heterocycles. The first-order chi connectivity index (χ1) is 8.71. The van der Waals surface area contributed by atoms with Crippen molar-refractivity contribution in [3.63, 3.8) is 0 Å². The summed E-state index contributed by atoms with van der Waals surface area (Å²) >= 11 is 0. The molecule has 3 N–H and O–H groups in total. The second-order valence-electron chi connectivity index (χ2n) is 3.77. The first-order valence-electron chi connectivity index (χ1n) is 5.62. The Morgan fingerprint density at radius 1 is 1.33 bits per heavy atom. The lowest BCUT2D eigenvalue weighted by Crippen LogP contribution is -2.02. The number of hydrogen-bond donors (Lipinski definition) is 2. The van der Waals surface area contributed by atoms with Crippen molar-refractivity contribution in [1.82, 2.24) is 9.97 Å². The number of anilines is 3. The van der Waals surface area contributed by atoms with E-state index in [2.05, 4.69) is 21.4 Å². The second-order valence-corrected chi connectivity index (χ2v) is 3.77. The fourth-order valence-corrected chi connectivity index (χ4v) is 1.55. The number of nitrogens with zero attached hydrogens (tertiary/aromatic N) is 3. The molecule has 1 aromatic carbocycles. The van der Waals surface area contributed by atoms with Crippen molar-refractivity contribution in [2.75, 3.05) is 11.1 Å². The molecular formula is C13H13N5. The minimum Gasteiger partial charge on any atom is -0.384 e. The van der Waals surface area contributed by atoms with Crippen molar-refractivity contribution in [1.29, 1.82) is 5.26 Å². The Morgan fingerprint density at radius 2 is 2.17 bits per heavy atom. The van der Waals surface area contributed by atoms with Gasteiger partial charge in [-0.25, -0.2) is 9.97 Å². The van der Waals surface area contributed by atoms with Gasteiger partial charge in [-0.2, -0.15) is 5.26 Å². The summed E-state index contributed by atoms with van der Waals surface area (Å²) in [4.78, 5) is 8.42. The van der Waals surface area contributed by atoms with Crippen LogP contribution in [0.1, 0.15) is 18.3 Å². The lowest BCUT2D eigenvalue weighted by atomic mass is 10.2. The summed E-state index contributed by atoms with van der Waals surface area (Å²) in [5.41, 5.74) is 7.10. The van der Waals surface area contributed by atoms with E-state index in [9.17, 15) is 0 Å². The highest BCUT2D eigenvalue weighted by molar-refractivity contribution is 5.60. The Hall–Kier alpha value is -2.61. The number of aryl methyl sites for hydroxylation is 1. The highest BCUT2D eigenvalue weighted by atomic mass is 15.0. The molecule has 2 rings (SSSR count). The maximum Gasteiger partial charge on any atom is 0.136 e. The zero-order valence-corrected chi connectivity index (χ0v) is 10.0. The Bertz CT molecular complexity index is 601. The van der Waals surface area contributed by atoms with Crippen LogP contribution >= 0.6 is 0 Å². The third kappa shape index (κ3) is 2.74. The minimum absolute atomic E-state index is 0.431. The van der Waals surface area contributed by atoms with Crippen molar-refractivity contribution in [3.8, 4) is 6.07 Å². The summed E-state index contributed by atoms with van der Waals surface area (Å²) in [6, 6.07) is 10.9. The number of hydrogen-bond acceptors (Lipinski definition) is 5. The van der Waals surface area contributed by atoms with Gasteiger partial charge in [0.15, 0.2) is 0 Å². The average molecular weight is 239 g/mol. The number of benzene rings is 1. The maximum absolute atomic E-state index is 8.83. The Morgan fingerprint density at radius 3 is 2.89 bits per heavy atom. The quantitative estimate of drug-likeness (QED) is 0.857. The van der Waals surface area contributed by atoms with E-state index < -0.39 is 0 Å². The number of nitriles is 1. The zero-order chi connectivity index (χ0) is 13.0. The number of nitrogen functional groups attached to an aromatic ring is 1. The predicted octanol–water partition coefficient (Wildman–Crippen LogP) is 2.24. The molecule has 0 aliphatic rings. The Balaban J connectivity index is 2.28. The topological polar surface area (TPSA) is 87.6 Å². The molecule has 18 heavy (non-hydrogen) atoms. The molecule has 0 radical (unpaired) electrons. The van der Waals surface area contributed by atoms with E-state index in [-0.39, 0.29) is 0 Å². The molecule has 5 nitrogen and oxygen atoms in total. The van der Waals surface area contributed by atoms with Crippen LogP contribution in [-0.4, -0.2) is 9.97 Å². The second kappa shape index (κ2) is 5.15. The lowest BCUT2D eigenvalue weighted by Gasteiger charge is -2.07. The van der Waals surface area contributed by atoms with Gasteiger partial charge in [0.05, 0.1) is 11.6 Å². The van der Waals surface area contributed by atoms with E-state index in [1.807, 2.05) is 19.1 Å². The first kappa shape index (κ1) is 11.9. The van der Waals surface area contributed by atoms with Crippen molar-refractivity contribution in [2.24, 2.45) is 0 Å². The van der Waals surface area contributed by atoms with Gasteiger partial charge in [-0.1, -0.05) is 13.0 Å². The van der Waals surface area contributed by atoms with E-state index in [0.29, 0.717) is 23.0 Å². The predicted molar refractivity (Wildman–Crippen MR) is 70.3 cm³/mol. The summed E-state index contributed by atoms with van der Waals surface area (Å²) in [6.45, 7) is 1.97. The van der Waals surface area contributed by atoms with Gasteiger partial charge >= 0.3 is 0 Å². The Labute approximate surface area is 105 Å². The van der Waals surface area contributed by atoms with Gasteiger partial charge in [0.2, 0.25) is 0 Å². The van der Waals surface area contributed by atoms with Crippen LogP contribution in [0.4, 0.5) is 17.3 Å². The summed E-state index contributed by atoms with van der Waals surface area (Å²) in [6.07, 6.45) is 0.720. The average Bonchev–Trinajstić information content (AvgIpc) is 2.38. The van der Waals surface area contributed by atoms with Gasteiger partial charge in [0.1, 0.15) is 17.5 Å². The molecule has 0 unspecified atom stereocenters. The highest BCUT2D eigenvalue weighted by Crippen LogP contribution is 2.17. The van der Waals surface area contributed by atoms with Crippen LogP contribution in [0.3, 0.4) is 0 Å². The molecule has 1 heterocycles. The molecule has 0 bridgehead atoms. The normalized spacial score (nSPS) is 9.78. The third-order valence-electron chi connectivity index (χ3n) is 2.37. The summed E-state index contributed by atoms with van der Waals surface area (Å²) < 4.78 is 0. The molecule has 90 valence electrons. The monoisotopic (exact) mass is 239 g/mol. The number of rotatable bonds is 3. The maximum atomic E-state index is 8.83. The molecule has 0 atom stereocenters. The fraction of sp³-hybridized carbons (Fsp3) is 0.154. The van der Waals surface area contributed by atoms with Crippen LogP contribution in [0, 0.1) is 11.3 Å². The molecule has 0 amide bonds. The molecule has 5 heteroatoms. The first-order valence-corrected chi connectivity index (χ1v) is 5.62. The van der Waals surface area contributed by atoms with Crippen LogP contribution in [0.5, 0.6) is 0 Å². The molecule has 0 aliphatic carbocycles. The molecule has 0 saturated heterocycles. The molecule has 0 saturated carbocycles. The fourth-order valence-electron chi connectivity index (χ4n) is 1.55. The van der Waals surface area contributed by atoms with Crippen molar-refractivity contribution in [3.05, 3.63) is 41.7 Å². The van der Waals surface area contributed by atoms with E-state index in [1.165, 1.54) is 0 Å². The van der Waals surface area contributed by atoms with Gasteiger partial charge < -0.3 is 11.1 Å². The lowest BCUT2D eigenvalue weighted by molar-refractivity contribution is 0.948. The molecule has 2 aromatic rings. The molecular weight excluding hydrogens is 226 g/mol. The summed E-state index contributed by atoms with van der Waals surface area (Å²) in [5.74, 6) is 1.75. The summed E-state index contributed by atoms with van der Waals surface area (Å²) in [5, 5.41) is 11.9.